The fourth-order valence-electron chi connectivity index (χ4n) is 10.6. The monoisotopic (exact) mass is 750 g/mol. The highest BCUT2D eigenvalue weighted by atomic mass is 16.5. The van der Waals surface area contributed by atoms with Gasteiger partial charge in [-0.15, -0.1) is 0 Å². The number of aryl methyl sites for hydroxylation is 1. The molecule has 4 amide bonds. The highest BCUT2D eigenvalue weighted by Gasteiger charge is 2.70. The second kappa shape index (κ2) is 14.1. The number of methoxy groups -OCH3 is 1. The summed E-state index contributed by atoms with van der Waals surface area (Å²) in [5.74, 6) is -4.18. The number of benzene rings is 4. The molecule has 0 aromatic heterocycles. The minimum atomic E-state index is -1.41. The first-order valence-electron chi connectivity index (χ1n) is 19.7. The van der Waals surface area contributed by atoms with Crippen molar-refractivity contribution >= 4 is 29.3 Å². The first kappa shape index (κ1) is 35.9. The van der Waals surface area contributed by atoms with Crippen LogP contribution in [0.1, 0.15) is 53.9 Å². The highest BCUT2D eigenvalue weighted by Crippen LogP contribution is 2.64. The molecule has 3 heterocycles. The van der Waals surface area contributed by atoms with Gasteiger partial charge in [-0.1, -0.05) is 96.1 Å². The average Bonchev–Trinajstić information content (AvgIpc) is 3.60. The highest BCUT2D eigenvalue weighted by molar-refractivity contribution is 6.13. The van der Waals surface area contributed by atoms with Gasteiger partial charge < -0.3 is 9.84 Å². The molecule has 4 aromatic carbocycles. The third-order valence-electron chi connectivity index (χ3n) is 13.1. The zero-order valence-electron chi connectivity index (χ0n) is 31.6. The normalized spacial score (nSPS) is 27.8. The first-order chi connectivity index (χ1) is 27.2. The van der Waals surface area contributed by atoms with Crippen molar-refractivity contribution < 1.29 is 29.0 Å². The molecule has 0 spiro atoms. The van der Waals surface area contributed by atoms with Crippen LogP contribution < -0.4 is 10.2 Å². The van der Waals surface area contributed by atoms with Gasteiger partial charge in [0.2, 0.25) is 11.8 Å². The van der Waals surface area contributed by atoms with Gasteiger partial charge in [-0.3, -0.25) is 34.4 Å². The fraction of sp³-hybridized carbons (Fsp3) is 0.348. The Morgan fingerprint density at radius 2 is 1.52 bits per heavy atom. The molecule has 2 N–H and O–H groups in total. The minimum absolute atomic E-state index is 0.0931. The van der Waals surface area contributed by atoms with Crippen LogP contribution in [0.4, 0.5) is 5.69 Å². The SMILES string of the molecule is COc1ccc(C2C3=CCC4C(=O)N(C5CCN(Cc6ccccc6)CC5)C(=O)C4C3CC3C(=O)N(Nc4ccc(C)cc4)C(=O)C32c2ccccc2)cc1O. The van der Waals surface area contributed by atoms with E-state index < -0.39 is 40.9 Å². The van der Waals surface area contributed by atoms with Crippen molar-refractivity contribution in [3.8, 4) is 11.5 Å². The van der Waals surface area contributed by atoms with E-state index in [0.717, 1.165) is 35.8 Å². The van der Waals surface area contributed by atoms with Crippen molar-refractivity contribution in [2.24, 2.45) is 23.7 Å². The third-order valence-corrected chi connectivity index (χ3v) is 13.1. The summed E-state index contributed by atoms with van der Waals surface area (Å²) in [6.07, 6.45) is 4.04. The third kappa shape index (κ3) is 5.64. The number of phenols is 1. The summed E-state index contributed by atoms with van der Waals surface area (Å²) in [4.78, 5) is 63.4. The maximum atomic E-state index is 15.3. The number of allylic oxidation sites excluding steroid dienone is 2. The number of hydrazine groups is 1. The van der Waals surface area contributed by atoms with Crippen molar-refractivity contribution in [2.45, 2.75) is 56.5 Å². The van der Waals surface area contributed by atoms with Gasteiger partial charge in [-0.05, 0) is 79.5 Å². The van der Waals surface area contributed by atoms with Crippen LogP contribution in [-0.2, 0) is 31.1 Å². The summed E-state index contributed by atoms with van der Waals surface area (Å²) in [5, 5.41) is 12.3. The quantitative estimate of drug-likeness (QED) is 0.158. The molecule has 10 nitrogen and oxygen atoms in total. The number of piperidine rings is 1. The van der Waals surface area contributed by atoms with Crippen LogP contribution in [0.15, 0.2) is 115 Å². The van der Waals surface area contributed by atoms with Crippen LogP contribution in [0.2, 0.25) is 0 Å². The Kier molecular flexibility index (Phi) is 9.04. The van der Waals surface area contributed by atoms with E-state index in [2.05, 4.69) is 28.5 Å². The number of hydrogen-bond donors (Lipinski definition) is 2. The second-order valence-electron chi connectivity index (χ2n) is 16.1. The number of fused-ring (bicyclic) bond motifs is 4. The molecule has 6 unspecified atom stereocenters. The maximum absolute atomic E-state index is 15.3. The molecular formula is C46H46N4O6. The second-order valence-corrected chi connectivity index (χ2v) is 16.1. The van der Waals surface area contributed by atoms with Gasteiger partial charge in [-0.2, -0.15) is 5.01 Å². The standard InChI is InChI=1S/C46H46N4O6/c1-28-13-16-32(17-14-28)47-50-43(53)37-26-36-34(41(30-15-20-39(56-2)38(51)25-30)46(37,45(50)55)31-11-7-4-8-12-31)18-19-35-40(36)44(54)49(42(35)52)33-21-23-48(24-22-33)27-29-9-5-3-6-10-29/h3-18,20,25,33,35-37,40-41,47,51H,19,21-24,26-27H2,1-2H3. The van der Waals surface area contributed by atoms with E-state index in [0.29, 0.717) is 36.1 Å². The van der Waals surface area contributed by atoms with E-state index in [-0.39, 0.29) is 41.7 Å². The summed E-state index contributed by atoms with van der Waals surface area (Å²) in [7, 11) is 1.48. The predicted molar refractivity (Wildman–Crippen MR) is 210 cm³/mol. The number of likely N-dealkylation sites (tertiary alicyclic amines) is 2. The topological polar surface area (TPSA) is 119 Å². The Labute approximate surface area is 326 Å². The molecule has 0 radical (unpaired) electrons. The molecule has 5 aliphatic rings. The predicted octanol–water partition coefficient (Wildman–Crippen LogP) is 6.36. The van der Waals surface area contributed by atoms with Gasteiger partial charge >= 0.3 is 0 Å². The molecule has 6 atom stereocenters. The molecule has 3 aliphatic heterocycles. The lowest BCUT2D eigenvalue weighted by Crippen LogP contribution is -2.53. The summed E-state index contributed by atoms with van der Waals surface area (Å²) in [6, 6.07) is 32.2. The van der Waals surface area contributed by atoms with Gasteiger partial charge in [0.05, 0.1) is 36.0 Å². The van der Waals surface area contributed by atoms with E-state index in [9.17, 15) is 19.5 Å². The Morgan fingerprint density at radius 1 is 0.821 bits per heavy atom. The first-order valence-corrected chi connectivity index (χ1v) is 19.7. The molecular weight excluding hydrogens is 705 g/mol. The molecule has 4 fully saturated rings. The Bertz CT molecular complexity index is 2220. The lowest BCUT2D eigenvalue weighted by Gasteiger charge is -2.50. The van der Waals surface area contributed by atoms with Gasteiger partial charge in [-0.25, -0.2) is 0 Å². The van der Waals surface area contributed by atoms with E-state index in [4.69, 9.17) is 4.74 Å². The number of hydrogen-bond acceptors (Lipinski definition) is 8. The van der Waals surface area contributed by atoms with Gasteiger partial charge in [0.25, 0.3) is 11.8 Å². The van der Waals surface area contributed by atoms with Crippen molar-refractivity contribution in [3.05, 3.63) is 137 Å². The number of imide groups is 2. The molecule has 2 aliphatic carbocycles. The summed E-state index contributed by atoms with van der Waals surface area (Å²) in [5.41, 5.74) is 6.76. The molecule has 3 saturated heterocycles. The van der Waals surface area contributed by atoms with Crippen LogP contribution in [0.25, 0.3) is 0 Å². The smallest absolute Gasteiger partial charge is 0.260 e. The number of carbonyl (C=O) groups is 4. The number of nitrogens with zero attached hydrogens (tertiary/aromatic N) is 3. The maximum Gasteiger partial charge on any atom is 0.260 e. The molecule has 4 aromatic rings. The van der Waals surface area contributed by atoms with Crippen LogP contribution in [0, 0.1) is 30.6 Å². The number of amides is 4. The number of rotatable bonds is 8. The van der Waals surface area contributed by atoms with E-state index in [1.807, 2.05) is 85.8 Å². The van der Waals surface area contributed by atoms with Gasteiger partial charge in [0.15, 0.2) is 11.5 Å². The summed E-state index contributed by atoms with van der Waals surface area (Å²) < 4.78 is 5.41. The van der Waals surface area contributed by atoms with Crippen molar-refractivity contribution in [3.63, 3.8) is 0 Å². The number of phenolic OH excluding ortho intramolecular Hbond substituents is 1. The number of carbonyl (C=O) groups excluding carboxylic acids is 4. The van der Waals surface area contributed by atoms with E-state index >= 15 is 4.79 Å². The number of nitrogens with one attached hydrogen (secondary N) is 1. The average molecular weight is 751 g/mol. The zero-order valence-corrected chi connectivity index (χ0v) is 31.6. The number of anilines is 1. The molecule has 0 bridgehead atoms. The zero-order chi connectivity index (χ0) is 38.7. The summed E-state index contributed by atoms with van der Waals surface area (Å²) >= 11 is 0. The van der Waals surface area contributed by atoms with Crippen molar-refractivity contribution in [1.82, 2.24) is 14.8 Å². The summed E-state index contributed by atoms with van der Waals surface area (Å²) in [6.45, 7) is 4.36. The Morgan fingerprint density at radius 3 is 2.20 bits per heavy atom. The molecule has 56 heavy (non-hydrogen) atoms. The largest absolute Gasteiger partial charge is 0.504 e. The lowest BCUT2D eigenvalue weighted by atomic mass is 9.49. The minimum Gasteiger partial charge on any atom is -0.504 e. The molecule has 1 saturated carbocycles. The van der Waals surface area contributed by atoms with Crippen LogP contribution in [0.3, 0.4) is 0 Å². The molecule has 286 valence electrons. The molecule has 10 heteroatoms. The van der Waals surface area contributed by atoms with Crippen LogP contribution >= 0.6 is 0 Å². The van der Waals surface area contributed by atoms with E-state index in [1.54, 1.807) is 17.0 Å². The Balaban J connectivity index is 1.11. The van der Waals surface area contributed by atoms with Crippen molar-refractivity contribution in [2.75, 3.05) is 25.6 Å². The van der Waals surface area contributed by atoms with Crippen molar-refractivity contribution in [1.29, 1.82) is 0 Å². The van der Waals surface area contributed by atoms with Gasteiger partial charge in [0, 0.05) is 31.6 Å². The number of ether oxygens (including phenoxy) is 1. The number of aromatic hydroxyl groups is 1. The lowest BCUT2D eigenvalue weighted by molar-refractivity contribution is -0.144. The Hall–Kier alpha value is -5.74. The molecule has 9 rings (SSSR count). The van der Waals surface area contributed by atoms with Crippen LogP contribution in [-0.4, -0.2) is 69.8 Å². The van der Waals surface area contributed by atoms with E-state index in [1.165, 1.54) is 12.7 Å². The fourth-order valence-corrected chi connectivity index (χ4v) is 10.6. The van der Waals surface area contributed by atoms with Crippen LogP contribution in [0.5, 0.6) is 11.5 Å². The van der Waals surface area contributed by atoms with Gasteiger partial charge in [0.1, 0.15) is 0 Å².